The summed E-state index contributed by atoms with van der Waals surface area (Å²) < 4.78 is 21.3. The summed E-state index contributed by atoms with van der Waals surface area (Å²) in [4.78, 5) is 0.280. The van der Waals surface area contributed by atoms with Crippen molar-refractivity contribution in [2.75, 3.05) is 6.26 Å². The van der Waals surface area contributed by atoms with Crippen LogP contribution in [-0.4, -0.2) is 14.7 Å². The molecule has 0 aliphatic rings. The van der Waals surface area contributed by atoms with E-state index < -0.39 is 9.84 Å². The Morgan fingerprint density at radius 3 is 2.11 bits per heavy atom. The Hall–Kier alpha value is -0.530. The second-order valence-electron chi connectivity index (χ2n) is 1.73. The molecule has 0 spiro atoms. The van der Waals surface area contributed by atoms with E-state index in [2.05, 4.69) is 12.3 Å². The monoisotopic (exact) mass is 146 g/mol. The van der Waals surface area contributed by atoms with Gasteiger partial charge < -0.3 is 0 Å². The number of rotatable bonds is 2. The van der Waals surface area contributed by atoms with Gasteiger partial charge in [0.1, 0.15) is 0 Å². The second-order valence-corrected chi connectivity index (χ2v) is 3.76. The molecule has 9 heavy (non-hydrogen) atoms. The summed E-state index contributed by atoms with van der Waals surface area (Å²) >= 11 is 0. The van der Waals surface area contributed by atoms with Crippen molar-refractivity contribution in [3.05, 3.63) is 17.2 Å². The Morgan fingerprint density at radius 1 is 1.67 bits per heavy atom. The summed E-state index contributed by atoms with van der Waals surface area (Å²) in [6.45, 7) is 5.02. The molecule has 0 saturated carbocycles. The van der Waals surface area contributed by atoms with E-state index in [1.165, 1.54) is 0 Å². The third-order valence-electron chi connectivity index (χ3n) is 0.966. The zero-order valence-corrected chi connectivity index (χ0v) is 6.46. The maximum Gasteiger partial charge on any atom is 0.178 e. The second kappa shape index (κ2) is 2.85. The lowest BCUT2D eigenvalue weighted by molar-refractivity contribution is 0.606. The van der Waals surface area contributed by atoms with Crippen LogP contribution in [0, 0.1) is 0 Å². The van der Waals surface area contributed by atoms with Crippen LogP contribution < -0.4 is 0 Å². The molecule has 0 saturated heterocycles. The van der Waals surface area contributed by atoms with E-state index >= 15 is 0 Å². The largest absolute Gasteiger partial charge is 0.224 e. The number of sulfone groups is 1. The maximum atomic E-state index is 10.7. The van der Waals surface area contributed by atoms with Crippen LogP contribution in [0.4, 0.5) is 0 Å². The van der Waals surface area contributed by atoms with Crippen molar-refractivity contribution in [2.45, 2.75) is 13.3 Å². The minimum Gasteiger partial charge on any atom is -0.224 e. The van der Waals surface area contributed by atoms with Crippen molar-refractivity contribution >= 4 is 9.84 Å². The van der Waals surface area contributed by atoms with Gasteiger partial charge in [0.25, 0.3) is 0 Å². The van der Waals surface area contributed by atoms with Crippen molar-refractivity contribution in [1.82, 2.24) is 0 Å². The van der Waals surface area contributed by atoms with E-state index in [9.17, 15) is 8.42 Å². The molecule has 0 aliphatic heterocycles. The quantitative estimate of drug-likeness (QED) is 0.547. The molecule has 0 heterocycles. The van der Waals surface area contributed by atoms with Gasteiger partial charge in [-0.1, -0.05) is 13.5 Å². The Labute approximate surface area is 55.8 Å². The van der Waals surface area contributed by atoms with E-state index in [4.69, 9.17) is 0 Å². The Morgan fingerprint density at radius 2 is 2.11 bits per heavy atom. The van der Waals surface area contributed by atoms with Gasteiger partial charge in [-0.05, 0) is 6.42 Å². The Kier molecular flexibility index (Phi) is 2.68. The van der Waals surface area contributed by atoms with E-state index in [0.717, 1.165) is 6.26 Å². The molecule has 0 aromatic heterocycles. The normalized spacial score (nSPS) is 10.4. The first kappa shape index (κ1) is 8.47. The highest BCUT2D eigenvalue weighted by molar-refractivity contribution is 7.94. The fourth-order valence-corrected chi connectivity index (χ4v) is 1.30. The third kappa shape index (κ3) is 2.49. The molecule has 0 N–H and O–H groups in total. The van der Waals surface area contributed by atoms with Crippen molar-refractivity contribution in [3.8, 4) is 0 Å². The molecule has 0 radical (unpaired) electrons. The maximum absolute atomic E-state index is 10.7. The zero-order valence-electron chi connectivity index (χ0n) is 5.64. The predicted octanol–water partition coefficient (Wildman–Crippen LogP) is 1.11. The standard InChI is InChI=1S/C6H10O2S/c1-4-6(5-2)9(3,7)8/h1,5H2,2-3H3. The minimum absolute atomic E-state index is 0.280. The highest BCUT2D eigenvalue weighted by Crippen LogP contribution is 2.05. The van der Waals surface area contributed by atoms with Crippen LogP contribution in [-0.2, 0) is 9.84 Å². The van der Waals surface area contributed by atoms with E-state index in [0.29, 0.717) is 6.42 Å². The molecule has 52 valence electrons. The van der Waals surface area contributed by atoms with Crippen LogP contribution in [0.3, 0.4) is 0 Å². The van der Waals surface area contributed by atoms with Crippen LogP contribution in [0.15, 0.2) is 17.2 Å². The Balaban J connectivity index is 4.78. The molecule has 0 rings (SSSR count). The summed E-state index contributed by atoms with van der Waals surface area (Å²) in [5.74, 6) is 0. The molecule has 0 aromatic rings. The van der Waals surface area contributed by atoms with Gasteiger partial charge in [0.15, 0.2) is 9.84 Å². The molecule has 2 nitrogen and oxygen atoms in total. The van der Waals surface area contributed by atoms with Gasteiger partial charge in [-0.25, -0.2) is 8.42 Å². The van der Waals surface area contributed by atoms with E-state index in [1.807, 2.05) is 0 Å². The van der Waals surface area contributed by atoms with Crippen LogP contribution in [0.2, 0.25) is 0 Å². The molecular formula is C6H10O2S. The van der Waals surface area contributed by atoms with E-state index in [-0.39, 0.29) is 4.91 Å². The molecule has 3 heteroatoms. The molecule has 0 aromatic carbocycles. The third-order valence-corrected chi connectivity index (χ3v) is 2.29. The lowest BCUT2D eigenvalue weighted by Crippen LogP contribution is -1.97. The average molecular weight is 146 g/mol. The molecule has 0 atom stereocenters. The lowest BCUT2D eigenvalue weighted by atomic mass is 10.5. The molecule has 0 amide bonds. The predicted molar refractivity (Wildman–Crippen MR) is 37.8 cm³/mol. The smallest absolute Gasteiger partial charge is 0.178 e. The van der Waals surface area contributed by atoms with Gasteiger partial charge in [0.05, 0.1) is 4.91 Å². The van der Waals surface area contributed by atoms with Crippen LogP contribution in [0.5, 0.6) is 0 Å². The van der Waals surface area contributed by atoms with Gasteiger partial charge in [-0.3, -0.25) is 0 Å². The fraction of sp³-hybridized carbons (Fsp3) is 0.500. The van der Waals surface area contributed by atoms with Crippen molar-refractivity contribution < 1.29 is 8.42 Å². The van der Waals surface area contributed by atoms with Gasteiger partial charge in [0, 0.05) is 6.26 Å². The molecular weight excluding hydrogens is 136 g/mol. The highest BCUT2D eigenvalue weighted by Gasteiger charge is 2.05. The lowest BCUT2D eigenvalue weighted by Gasteiger charge is -1.93. The Bertz CT molecular complexity index is 230. The first-order chi connectivity index (χ1) is 4.02. The van der Waals surface area contributed by atoms with Gasteiger partial charge in [-0.15, -0.1) is 5.73 Å². The summed E-state index contributed by atoms with van der Waals surface area (Å²) in [6.07, 6.45) is 1.63. The summed E-state index contributed by atoms with van der Waals surface area (Å²) in [5, 5.41) is 0. The van der Waals surface area contributed by atoms with Crippen molar-refractivity contribution in [3.63, 3.8) is 0 Å². The summed E-state index contributed by atoms with van der Waals surface area (Å²) in [7, 11) is -3.02. The summed E-state index contributed by atoms with van der Waals surface area (Å²) in [5.41, 5.74) is 2.37. The highest BCUT2D eigenvalue weighted by atomic mass is 32.2. The van der Waals surface area contributed by atoms with Crippen LogP contribution in [0.1, 0.15) is 13.3 Å². The van der Waals surface area contributed by atoms with E-state index in [1.54, 1.807) is 6.92 Å². The molecule has 0 fully saturated rings. The first-order valence-corrected chi connectivity index (χ1v) is 4.50. The van der Waals surface area contributed by atoms with Crippen LogP contribution in [0.25, 0.3) is 0 Å². The van der Waals surface area contributed by atoms with Gasteiger partial charge in [-0.2, -0.15) is 0 Å². The SMILES string of the molecule is C=C=C(CC)S(C)(=O)=O. The van der Waals surface area contributed by atoms with Crippen molar-refractivity contribution in [2.24, 2.45) is 0 Å². The molecule has 0 bridgehead atoms. The number of hydrogen-bond donors (Lipinski definition) is 0. The molecule has 0 unspecified atom stereocenters. The van der Waals surface area contributed by atoms with Gasteiger partial charge in [0.2, 0.25) is 0 Å². The van der Waals surface area contributed by atoms with Crippen molar-refractivity contribution in [1.29, 1.82) is 0 Å². The van der Waals surface area contributed by atoms with Crippen LogP contribution >= 0.6 is 0 Å². The first-order valence-electron chi connectivity index (χ1n) is 2.61. The topological polar surface area (TPSA) is 34.1 Å². The zero-order chi connectivity index (χ0) is 7.49. The fourth-order valence-electron chi connectivity index (χ4n) is 0.518. The summed E-state index contributed by atoms with van der Waals surface area (Å²) in [6, 6.07) is 0. The minimum atomic E-state index is -3.02. The number of hydrogen-bond acceptors (Lipinski definition) is 2. The molecule has 0 aliphatic carbocycles. The van der Waals surface area contributed by atoms with Gasteiger partial charge >= 0.3 is 0 Å². The number of allylic oxidation sites excluding steroid dienone is 1. The average Bonchev–Trinajstić information content (AvgIpc) is 1.65.